The molecule has 2 amide bonds. The number of hydrogen-bond acceptors (Lipinski definition) is 5. The number of carbonyl (C=O) groups is 2. The molecule has 2 aromatic rings. The van der Waals surface area contributed by atoms with Gasteiger partial charge in [-0.1, -0.05) is 30.3 Å². The Morgan fingerprint density at radius 2 is 2.20 bits per heavy atom. The molecule has 1 aliphatic rings. The zero-order valence-electron chi connectivity index (χ0n) is 14.0. The van der Waals surface area contributed by atoms with Gasteiger partial charge in [-0.05, 0) is 12.5 Å². The zero-order chi connectivity index (χ0) is 17.6. The second-order valence-corrected chi connectivity index (χ2v) is 5.76. The molecule has 8 heteroatoms. The molecule has 0 unspecified atom stereocenters. The maximum atomic E-state index is 12.5. The third-order valence-electron chi connectivity index (χ3n) is 4.11. The number of nitrogens with zero attached hydrogens (tertiary/aromatic N) is 3. The Bertz CT molecular complexity index is 731. The summed E-state index contributed by atoms with van der Waals surface area (Å²) in [5, 5.41) is 13.6. The molecule has 0 spiro atoms. The lowest BCUT2D eigenvalue weighted by atomic mass is 9.99. The normalized spacial score (nSPS) is 20.1. The first-order valence-corrected chi connectivity index (χ1v) is 8.29. The highest BCUT2D eigenvalue weighted by Gasteiger charge is 2.35. The average Bonchev–Trinajstić information content (AvgIpc) is 3.10. The third kappa shape index (κ3) is 4.03. The number of amides is 2. The summed E-state index contributed by atoms with van der Waals surface area (Å²) < 4.78 is 7.42. The number of rotatable bonds is 6. The Morgan fingerprint density at radius 1 is 1.40 bits per heavy atom. The van der Waals surface area contributed by atoms with E-state index >= 15 is 0 Å². The third-order valence-corrected chi connectivity index (χ3v) is 4.11. The van der Waals surface area contributed by atoms with Gasteiger partial charge >= 0.3 is 0 Å². The van der Waals surface area contributed by atoms with Gasteiger partial charge < -0.3 is 19.9 Å². The van der Waals surface area contributed by atoms with Crippen LogP contribution in [0.2, 0.25) is 0 Å². The Morgan fingerprint density at radius 3 is 2.96 bits per heavy atom. The van der Waals surface area contributed by atoms with Crippen LogP contribution in [0, 0.1) is 0 Å². The molecular weight excluding hydrogens is 322 g/mol. The van der Waals surface area contributed by atoms with Gasteiger partial charge in [-0.2, -0.15) is 0 Å². The maximum Gasteiger partial charge on any atom is 0.251 e. The van der Waals surface area contributed by atoms with Crippen LogP contribution in [0.15, 0.2) is 36.7 Å². The first-order valence-electron chi connectivity index (χ1n) is 8.29. The molecule has 0 radical (unpaired) electrons. The lowest BCUT2D eigenvalue weighted by molar-refractivity contribution is -0.148. The van der Waals surface area contributed by atoms with E-state index in [2.05, 4.69) is 20.8 Å². The van der Waals surface area contributed by atoms with E-state index in [0.29, 0.717) is 13.0 Å². The summed E-state index contributed by atoms with van der Waals surface area (Å²) in [5.41, 5.74) is 0.835. The number of carbonyl (C=O) groups excluding carboxylic acids is 2. The predicted octanol–water partition coefficient (Wildman–Crippen LogP) is 0.213. The monoisotopic (exact) mass is 343 g/mol. The van der Waals surface area contributed by atoms with Crippen molar-refractivity contribution < 1.29 is 14.3 Å². The first kappa shape index (κ1) is 17.1. The van der Waals surface area contributed by atoms with Gasteiger partial charge in [0.15, 0.2) is 6.10 Å². The number of nitrogens with one attached hydrogen (secondary N) is 2. The zero-order valence-corrected chi connectivity index (χ0v) is 14.0. The fraction of sp³-hybridized carbons (Fsp3) is 0.412. The van der Waals surface area contributed by atoms with E-state index in [4.69, 9.17) is 4.74 Å². The molecular formula is C17H21N5O3. The highest BCUT2D eigenvalue weighted by molar-refractivity contribution is 5.86. The highest BCUT2D eigenvalue weighted by atomic mass is 16.5. The van der Waals surface area contributed by atoms with Gasteiger partial charge in [0.2, 0.25) is 5.91 Å². The quantitative estimate of drug-likeness (QED) is 0.781. The van der Waals surface area contributed by atoms with E-state index in [1.54, 1.807) is 6.33 Å². The van der Waals surface area contributed by atoms with Crippen LogP contribution in [0.4, 0.5) is 0 Å². The van der Waals surface area contributed by atoms with Crippen molar-refractivity contribution in [3.63, 3.8) is 0 Å². The van der Waals surface area contributed by atoms with E-state index in [-0.39, 0.29) is 18.4 Å². The van der Waals surface area contributed by atoms with Gasteiger partial charge in [0.05, 0.1) is 6.04 Å². The highest BCUT2D eigenvalue weighted by Crippen LogP contribution is 2.22. The van der Waals surface area contributed by atoms with E-state index < -0.39 is 12.1 Å². The molecule has 2 heterocycles. The van der Waals surface area contributed by atoms with Crippen LogP contribution in [0.25, 0.3) is 0 Å². The van der Waals surface area contributed by atoms with Gasteiger partial charge in [0, 0.05) is 19.5 Å². The molecule has 1 fully saturated rings. The van der Waals surface area contributed by atoms with Crippen molar-refractivity contribution in [3.05, 3.63) is 48.0 Å². The van der Waals surface area contributed by atoms with Gasteiger partial charge in [0.1, 0.15) is 18.8 Å². The summed E-state index contributed by atoms with van der Waals surface area (Å²) in [6, 6.07) is 8.84. The minimum absolute atomic E-state index is 0.119. The summed E-state index contributed by atoms with van der Waals surface area (Å²) >= 11 is 0. The number of benzene rings is 1. The van der Waals surface area contributed by atoms with Gasteiger partial charge in [-0.25, -0.2) is 0 Å². The molecule has 0 aliphatic carbocycles. The van der Waals surface area contributed by atoms with Crippen LogP contribution in [0.5, 0.6) is 0 Å². The topological polar surface area (TPSA) is 98.1 Å². The van der Waals surface area contributed by atoms with Crippen molar-refractivity contribution in [2.45, 2.75) is 32.0 Å². The lowest BCUT2D eigenvalue weighted by Crippen LogP contribution is -2.52. The summed E-state index contributed by atoms with van der Waals surface area (Å²) in [6.07, 6.45) is 1.49. The van der Waals surface area contributed by atoms with Gasteiger partial charge in [0.25, 0.3) is 5.91 Å². The van der Waals surface area contributed by atoms with Crippen molar-refractivity contribution >= 4 is 11.8 Å². The minimum atomic E-state index is -0.760. The van der Waals surface area contributed by atoms with Crippen LogP contribution < -0.4 is 10.6 Å². The van der Waals surface area contributed by atoms with Crippen molar-refractivity contribution in [2.24, 2.45) is 0 Å². The molecule has 3 rings (SSSR count). The van der Waals surface area contributed by atoms with Crippen molar-refractivity contribution in [2.75, 3.05) is 13.2 Å². The smallest absolute Gasteiger partial charge is 0.251 e. The molecule has 8 nitrogen and oxygen atoms in total. The summed E-state index contributed by atoms with van der Waals surface area (Å²) in [5.74, 6) is 0.339. The summed E-state index contributed by atoms with van der Waals surface area (Å²) in [6.45, 7) is 3.09. The Balaban J connectivity index is 1.62. The molecule has 2 atom stereocenters. The van der Waals surface area contributed by atoms with Crippen LogP contribution in [0.3, 0.4) is 0 Å². The van der Waals surface area contributed by atoms with E-state index in [9.17, 15) is 9.59 Å². The fourth-order valence-corrected chi connectivity index (χ4v) is 2.83. The van der Waals surface area contributed by atoms with Gasteiger partial charge in [-0.15, -0.1) is 10.2 Å². The number of aromatic nitrogens is 3. The molecule has 0 saturated carbocycles. The van der Waals surface area contributed by atoms with Crippen molar-refractivity contribution in [3.8, 4) is 0 Å². The maximum absolute atomic E-state index is 12.5. The molecule has 1 saturated heterocycles. The van der Waals surface area contributed by atoms with E-state index in [1.807, 2.05) is 41.8 Å². The standard InChI is InChI=1S/C17H21N5O3/c1-2-22-11-19-21-13(22)8-9-18-17(24)16-15(20-14(23)10-25-16)12-6-4-3-5-7-12/h3-7,11,15-16H,2,8-10H2,1H3,(H,18,24)(H,20,23)/t15-,16+/m1/s1. The van der Waals surface area contributed by atoms with Crippen molar-refractivity contribution in [1.29, 1.82) is 0 Å². The lowest BCUT2D eigenvalue weighted by Gasteiger charge is -2.31. The molecule has 0 bridgehead atoms. The van der Waals surface area contributed by atoms with Crippen molar-refractivity contribution in [1.82, 2.24) is 25.4 Å². The van der Waals surface area contributed by atoms with E-state index in [0.717, 1.165) is 17.9 Å². The SMILES string of the molecule is CCn1cnnc1CCNC(=O)[C@H]1OCC(=O)N[C@@H]1c1ccccc1. The Labute approximate surface area is 145 Å². The van der Waals surface area contributed by atoms with Crippen LogP contribution in [-0.2, 0) is 27.3 Å². The van der Waals surface area contributed by atoms with Gasteiger partial charge in [-0.3, -0.25) is 9.59 Å². The summed E-state index contributed by atoms with van der Waals surface area (Å²) in [4.78, 5) is 24.2. The minimum Gasteiger partial charge on any atom is -0.356 e. The fourth-order valence-electron chi connectivity index (χ4n) is 2.83. The number of ether oxygens (including phenoxy) is 1. The van der Waals surface area contributed by atoms with Crippen LogP contribution in [0.1, 0.15) is 24.4 Å². The molecule has 1 aromatic carbocycles. The second-order valence-electron chi connectivity index (χ2n) is 5.76. The van der Waals surface area contributed by atoms with E-state index in [1.165, 1.54) is 0 Å². The largest absolute Gasteiger partial charge is 0.356 e. The number of hydrogen-bond donors (Lipinski definition) is 2. The predicted molar refractivity (Wildman–Crippen MR) is 89.5 cm³/mol. The molecule has 2 N–H and O–H groups in total. The number of aryl methyl sites for hydroxylation is 1. The Hall–Kier alpha value is -2.74. The first-order chi connectivity index (χ1) is 12.2. The Kier molecular flexibility index (Phi) is 5.39. The summed E-state index contributed by atoms with van der Waals surface area (Å²) in [7, 11) is 0. The molecule has 132 valence electrons. The van der Waals surface area contributed by atoms with Crippen LogP contribution in [-0.4, -0.2) is 45.8 Å². The average molecular weight is 343 g/mol. The second kappa shape index (κ2) is 7.89. The molecule has 25 heavy (non-hydrogen) atoms. The van der Waals surface area contributed by atoms with Crippen LogP contribution >= 0.6 is 0 Å². The number of morpholine rings is 1. The molecule has 1 aliphatic heterocycles. The molecule has 1 aromatic heterocycles.